The number of nitrogens with zero attached hydrogens (tertiary/aromatic N) is 3. The number of benzene rings is 2. The van der Waals surface area contributed by atoms with Crippen molar-refractivity contribution in [2.75, 3.05) is 52.5 Å². The van der Waals surface area contributed by atoms with Gasteiger partial charge in [0.2, 0.25) is 5.91 Å². The molecule has 0 saturated carbocycles. The molecule has 0 radical (unpaired) electrons. The van der Waals surface area contributed by atoms with E-state index in [1.165, 1.54) is 22.3 Å². The average Bonchev–Trinajstić information content (AvgIpc) is 3.32. The first-order valence-corrected chi connectivity index (χ1v) is 13.4. The fraction of sp³-hybridized carbons (Fsp3) is 0.452. The number of rotatable bonds is 12. The molecule has 1 amide bonds. The quantitative estimate of drug-likeness (QED) is 0.361. The number of furan rings is 1. The molecule has 6 heteroatoms. The maximum absolute atomic E-state index is 13.8. The van der Waals surface area contributed by atoms with Crippen molar-refractivity contribution in [1.29, 1.82) is 0 Å². The molecular weight excluding hydrogens is 462 g/mol. The van der Waals surface area contributed by atoms with Crippen molar-refractivity contribution in [3.8, 4) is 0 Å². The highest BCUT2D eigenvalue weighted by Gasteiger charge is 2.21. The second-order valence-electron chi connectivity index (χ2n) is 10.2. The first-order valence-electron chi connectivity index (χ1n) is 13.4. The van der Waals surface area contributed by atoms with Crippen molar-refractivity contribution in [3.05, 3.63) is 94.4 Å². The van der Waals surface area contributed by atoms with Crippen LogP contribution < -0.4 is 0 Å². The Labute approximate surface area is 221 Å². The van der Waals surface area contributed by atoms with Gasteiger partial charge in [0.05, 0.1) is 26.3 Å². The van der Waals surface area contributed by atoms with Crippen molar-refractivity contribution in [2.24, 2.45) is 0 Å². The fourth-order valence-corrected chi connectivity index (χ4v) is 4.78. The second kappa shape index (κ2) is 13.6. The summed E-state index contributed by atoms with van der Waals surface area (Å²) in [5, 5.41) is 0. The molecule has 6 nitrogen and oxygen atoms in total. The molecular formula is C31H41N3O3. The number of morpholine rings is 1. The van der Waals surface area contributed by atoms with E-state index in [1.54, 1.807) is 0 Å². The number of carbonyl (C=O) groups excluding carboxylic acids is 1. The van der Waals surface area contributed by atoms with E-state index in [0.29, 0.717) is 19.6 Å². The van der Waals surface area contributed by atoms with E-state index in [4.69, 9.17) is 9.15 Å². The largest absolute Gasteiger partial charge is 0.464 e. The van der Waals surface area contributed by atoms with Gasteiger partial charge in [-0.2, -0.15) is 0 Å². The van der Waals surface area contributed by atoms with Crippen molar-refractivity contribution >= 4 is 5.91 Å². The number of hydrogen-bond donors (Lipinski definition) is 0. The molecule has 0 atom stereocenters. The Kier molecular flexibility index (Phi) is 9.94. The molecule has 3 aromatic rings. The maximum Gasteiger partial charge on any atom is 0.237 e. The summed E-state index contributed by atoms with van der Waals surface area (Å²) >= 11 is 0. The van der Waals surface area contributed by atoms with Gasteiger partial charge in [0.25, 0.3) is 0 Å². The average molecular weight is 504 g/mol. The molecule has 1 aliphatic rings. The third-order valence-corrected chi connectivity index (χ3v) is 7.10. The summed E-state index contributed by atoms with van der Waals surface area (Å²) in [6.07, 6.45) is 0.817. The van der Waals surface area contributed by atoms with Crippen molar-refractivity contribution < 1.29 is 13.9 Å². The van der Waals surface area contributed by atoms with Gasteiger partial charge < -0.3 is 14.1 Å². The molecule has 4 rings (SSSR count). The lowest BCUT2D eigenvalue weighted by atomic mass is 10.1. The third kappa shape index (κ3) is 8.56. The van der Waals surface area contributed by atoms with E-state index in [-0.39, 0.29) is 5.91 Å². The van der Waals surface area contributed by atoms with Crippen molar-refractivity contribution in [3.63, 3.8) is 0 Å². The highest BCUT2D eigenvalue weighted by molar-refractivity contribution is 5.78. The SMILES string of the molecule is Cc1ccc(C)c(CN(CCN2CCOCC2)CC(=O)N(CCc2ccccc2)Cc2ccc(C)o2)c1. The molecule has 0 unspecified atom stereocenters. The van der Waals surface area contributed by atoms with Crippen LogP contribution in [0.2, 0.25) is 0 Å². The van der Waals surface area contributed by atoms with Crippen LogP contribution in [-0.2, 0) is 29.0 Å². The van der Waals surface area contributed by atoms with Gasteiger partial charge in [0.15, 0.2) is 0 Å². The summed E-state index contributed by atoms with van der Waals surface area (Å²) in [6.45, 7) is 13.7. The predicted molar refractivity (Wildman–Crippen MR) is 147 cm³/mol. The number of amides is 1. The summed E-state index contributed by atoms with van der Waals surface area (Å²) in [4.78, 5) is 20.5. The van der Waals surface area contributed by atoms with Crippen LogP contribution in [0.4, 0.5) is 0 Å². The van der Waals surface area contributed by atoms with Gasteiger partial charge in [-0.25, -0.2) is 0 Å². The van der Waals surface area contributed by atoms with Gasteiger partial charge in [0, 0.05) is 39.3 Å². The van der Waals surface area contributed by atoms with Crippen LogP contribution >= 0.6 is 0 Å². The van der Waals surface area contributed by atoms with E-state index >= 15 is 0 Å². The highest BCUT2D eigenvalue weighted by Crippen LogP contribution is 2.16. The smallest absolute Gasteiger partial charge is 0.237 e. The lowest BCUT2D eigenvalue weighted by molar-refractivity contribution is -0.133. The van der Waals surface area contributed by atoms with Gasteiger partial charge in [-0.15, -0.1) is 0 Å². The molecule has 37 heavy (non-hydrogen) atoms. The van der Waals surface area contributed by atoms with Crippen LogP contribution in [0.3, 0.4) is 0 Å². The molecule has 1 aromatic heterocycles. The van der Waals surface area contributed by atoms with E-state index < -0.39 is 0 Å². The zero-order chi connectivity index (χ0) is 26.0. The Morgan fingerprint density at radius 3 is 2.43 bits per heavy atom. The van der Waals surface area contributed by atoms with Crippen molar-refractivity contribution in [1.82, 2.24) is 14.7 Å². The Morgan fingerprint density at radius 1 is 0.919 bits per heavy atom. The molecule has 0 N–H and O–H groups in total. The van der Waals surface area contributed by atoms with Gasteiger partial charge in [-0.3, -0.25) is 14.6 Å². The zero-order valence-electron chi connectivity index (χ0n) is 22.6. The van der Waals surface area contributed by atoms with Crippen LogP contribution in [0.1, 0.15) is 33.8 Å². The van der Waals surface area contributed by atoms with Crippen LogP contribution in [0.5, 0.6) is 0 Å². The molecule has 1 saturated heterocycles. The van der Waals surface area contributed by atoms with Gasteiger partial charge in [-0.1, -0.05) is 54.1 Å². The minimum atomic E-state index is 0.136. The molecule has 0 spiro atoms. The minimum absolute atomic E-state index is 0.136. The maximum atomic E-state index is 13.8. The van der Waals surface area contributed by atoms with E-state index in [0.717, 1.165) is 63.9 Å². The third-order valence-electron chi connectivity index (χ3n) is 7.10. The zero-order valence-corrected chi connectivity index (χ0v) is 22.6. The van der Waals surface area contributed by atoms with Gasteiger partial charge >= 0.3 is 0 Å². The standard InChI is InChI=1S/C31H41N3O3/c1-25-9-10-26(2)29(21-25)22-33(16-15-32-17-19-36-20-18-32)24-31(35)34(23-30-12-11-27(3)37-30)14-13-28-7-5-4-6-8-28/h4-12,21H,13-20,22-24H2,1-3H3. The van der Waals surface area contributed by atoms with Gasteiger partial charge in [0.1, 0.15) is 11.5 Å². The molecule has 0 bridgehead atoms. The molecule has 1 fully saturated rings. The number of ether oxygens (including phenoxy) is 1. The molecule has 198 valence electrons. The summed E-state index contributed by atoms with van der Waals surface area (Å²) in [6, 6.07) is 20.9. The monoisotopic (exact) mass is 503 g/mol. The van der Waals surface area contributed by atoms with Crippen LogP contribution in [0, 0.1) is 20.8 Å². The Hall–Kier alpha value is -2.93. The van der Waals surface area contributed by atoms with Gasteiger partial charge in [-0.05, 0) is 56.0 Å². The van der Waals surface area contributed by atoms with Crippen LogP contribution in [-0.4, -0.2) is 73.1 Å². The van der Waals surface area contributed by atoms with Crippen LogP contribution in [0.25, 0.3) is 0 Å². The summed E-state index contributed by atoms with van der Waals surface area (Å²) in [5.74, 6) is 1.83. The first kappa shape index (κ1) is 27.1. The topological polar surface area (TPSA) is 49.2 Å². The summed E-state index contributed by atoms with van der Waals surface area (Å²) < 4.78 is 11.4. The fourth-order valence-electron chi connectivity index (χ4n) is 4.78. The summed E-state index contributed by atoms with van der Waals surface area (Å²) in [7, 11) is 0. The predicted octanol–water partition coefficient (Wildman–Crippen LogP) is 4.61. The Bertz CT molecular complexity index is 1120. The molecule has 2 aromatic carbocycles. The number of hydrogen-bond acceptors (Lipinski definition) is 5. The van der Waals surface area contributed by atoms with Crippen molar-refractivity contribution in [2.45, 2.75) is 40.3 Å². The normalized spacial score (nSPS) is 14.3. The lowest BCUT2D eigenvalue weighted by Crippen LogP contribution is -2.45. The highest BCUT2D eigenvalue weighted by atomic mass is 16.5. The first-order chi connectivity index (χ1) is 18.0. The van der Waals surface area contributed by atoms with E-state index in [9.17, 15) is 4.79 Å². The Morgan fingerprint density at radius 2 is 1.70 bits per heavy atom. The molecule has 1 aliphatic heterocycles. The number of carbonyl (C=O) groups is 1. The minimum Gasteiger partial charge on any atom is -0.464 e. The second-order valence-corrected chi connectivity index (χ2v) is 10.2. The van der Waals surface area contributed by atoms with E-state index in [1.807, 2.05) is 30.0 Å². The summed E-state index contributed by atoms with van der Waals surface area (Å²) in [5.41, 5.74) is 5.03. The van der Waals surface area contributed by atoms with E-state index in [2.05, 4.69) is 66.1 Å². The lowest BCUT2D eigenvalue weighted by Gasteiger charge is -2.31. The number of aryl methyl sites for hydroxylation is 3. The molecule has 0 aliphatic carbocycles. The Balaban J connectivity index is 1.47. The molecule has 2 heterocycles. The van der Waals surface area contributed by atoms with Crippen LogP contribution in [0.15, 0.2) is 65.1 Å².